The van der Waals surface area contributed by atoms with E-state index in [4.69, 9.17) is 0 Å². The third-order valence-corrected chi connectivity index (χ3v) is 4.65. The number of benzene rings is 2. The SMILES string of the molecule is CC(=O)Nc1cccc(NC(=O)c2ccc(CN3CCCC3=O)cc2)c1C. The Morgan fingerprint density at radius 3 is 2.30 bits per heavy atom. The first-order valence-corrected chi connectivity index (χ1v) is 8.99. The summed E-state index contributed by atoms with van der Waals surface area (Å²) in [5.41, 5.74) is 3.66. The fourth-order valence-electron chi connectivity index (χ4n) is 3.14. The number of hydrogen-bond donors (Lipinski definition) is 2. The fourth-order valence-corrected chi connectivity index (χ4v) is 3.14. The molecule has 6 heteroatoms. The Balaban J connectivity index is 1.68. The first-order valence-electron chi connectivity index (χ1n) is 8.99. The van der Waals surface area contributed by atoms with Crippen molar-refractivity contribution < 1.29 is 14.4 Å². The molecule has 1 heterocycles. The second kappa shape index (κ2) is 8.03. The molecule has 140 valence electrons. The molecule has 6 nitrogen and oxygen atoms in total. The molecule has 2 N–H and O–H groups in total. The van der Waals surface area contributed by atoms with E-state index in [9.17, 15) is 14.4 Å². The molecular weight excluding hydrogens is 342 g/mol. The summed E-state index contributed by atoms with van der Waals surface area (Å²) >= 11 is 0. The van der Waals surface area contributed by atoms with Crippen LogP contribution in [-0.2, 0) is 16.1 Å². The Hall–Kier alpha value is -3.15. The van der Waals surface area contributed by atoms with Crippen LogP contribution in [0.5, 0.6) is 0 Å². The number of nitrogens with zero attached hydrogens (tertiary/aromatic N) is 1. The van der Waals surface area contributed by atoms with E-state index in [0.717, 1.165) is 24.1 Å². The largest absolute Gasteiger partial charge is 0.338 e. The minimum absolute atomic E-state index is 0.159. The maximum Gasteiger partial charge on any atom is 0.255 e. The van der Waals surface area contributed by atoms with E-state index in [1.165, 1.54) is 6.92 Å². The lowest BCUT2D eigenvalue weighted by Crippen LogP contribution is -2.23. The van der Waals surface area contributed by atoms with Crippen molar-refractivity contribution in [3.8, 4) is 0 Å². The van der Waals surface area contributed by atoms with Crippen molar-refractivity contribution in [2.45, 2.75) is 33.2 Å². The van der Waals surface area contributed by atoms with E-state index in [-0.39, 0.29) is 17.7 Å². The molecule has 1 saturated heterocycles. The minimum atomic E-state index is -0.220. The molecule has 0 radical (unpaired) electrons. The first-order chi connectivity index (χ1) is 12.9. The van der Waals surface area contributed by atoms with Gasteiger partial charge in [0.25, 0.3) is 5.91 Å². The zero-order valence-electron chi connectivity index (χ0n) is 15.5. The topological polar surface area (TPSA) is 78.5 Å². The normalized spacial score (nSPS) is 13.6. The maximum atomic E-state index is 12.5. The summed E-state index contributed by atoms with van der Waals surface area (Å²) in [6.45, 7) is 4.67. The van der Waals surface area contributed by atoms with Crippen LogP contribution in [0.4, 0.5) is 11.4 Å². The first kappa shape index (κ1) is 18.6. The number of nitrogens with one attached hydrogen (secondary N) is 2. The predicted molar refractivity (Wildman–Crippen MR) is 105 cm³/mol. The number of likely N-dealkylation sites (tertiary alicyclic amines) is 1. The minimum Gasteiger partial charge on any atom is -0.338 e. The number of carbonyl (C=O) groups excluding carboxylic acids is 3. The molecule has 3 amide bonds. The third-order valence-electron chi connectivity index (χ3n) is 4.65. The van der Waals surface area contributed by atoms with Gasteiger partial charge >= 0.3 is 0 Å². The van der Waals surface area contributed by atoms with E-state index >= 15 is 0 Å². The van der Waals surface area contributed by atoms with Gasteiger partial charge in [0, 0.05) is 43.4 Å². The molecule has 27 heavy (non-hydrogen) atoms. The van der Waals surface area contributed by atoms with Crippen molar-refractivity contribution >= 4 is 29.1 Å². The van der Waals surface area contributed by atoms with Crippen molar-refractivity contribution in [3.05, 3.63) is 59.2 Å². The average molecular weight is 365 g/mol. The van der Waals surface area contributed by atoms with Crippen LogP contribution in [-0.4, -0.2) is 29.2 Å². The van der Waals surface area contributed by atoms with Gasteiger partial charge < -0.3 is 15.5 Å². The van der Waals surface area contributed by atoms with Gasteiger partial charge in [0.1, 0.15) is 0 Å². The quantitative estimate of drug-likeness (QED) is 0.853. The standard InChI is InChI=1S/C21H23N3O3/c1-14-18(22-15(2)25)5-3-6-19(14)23-21(27)17-10-8-16(9-11-17)13-24-12-4-7-20(24)26/h3,5-6,8-11H,4,7,12-13H2,1-2H3,(H,22,25)(H,23,27). The third kappa shape index (κ3) is 4.53. The molecule has 1 aliphatic rings. The van der Waals surface area contributed by atoms with Crippen molar-refractivity contribution in [2.75, 3.05) is 17.2 Å². The van der Waals surface area contributed by atoms with E-state index in [1.807, 2.05) is 24.0 Å². The maximum absolute atomic E-state index is 12.5. The Bertz CT molecular complexity index is 875. The van der Waals surface area contributed by atoms with Gasteiger partial charge in [0.2, 0.25) is 11.8 Å². The average Bonchev–Trinajstić information content (AvgIpc) is 3.03. The molecule has 2 aromatic rings. The van der Waals surface area contributed by atoms with Crippen LogP contribution < -0.4 is 10.6 Å². The fraction of sp³-hybridized carbons (Fsp3) is 0.286. The Labute approximate surface area is 158 Å². The van der Waals surface area contributed by atoms with Crippen LogP contribution in [0.3, 0.4) is 0 Å². The van der Waals surface area contributed by atoms with Gasteiger partial charge in [-0.3, -0.25) is 14.4 Å². The second-order valence-corrected chi connectivity index (χ2v) is 6.73. The zero-order chi connectivity index (χ0) is 19.4. The van der Waals surface area contributed by atoms with Crippen LogP contribution in [0.1, 0.15) is 41.3 Å². The van der Waals surface area contributed by atoms with E-state index in [1.54, 1.807) is 30.3 Å². The summed E-state index contributed by atoms with van der Waals surface area (Å²) in [5.74, 6) is -0.193. The Morgan fingerprint density at radius 1 is 1.04 bits per heavy atom. The molecule has 0 aliphatic carbocycles. The highest BCUT2D eigenvalue weighted by Crippen LogP contribution is 2.24. The number of amides is 3. The number of rotatable bonds is 5. The van der Waals surface area contributed by atoms with Crippen molar-refractivity contribution in [1.82, 2.24) is 4.90 Å². The molecule has 0 unspecified atom stereocenters. The van der Waals surface area contributed by atoms with Gasteiger partial charge in [0.05, 0.1) is 0 Å². The number of hydrogen-bond acceptors (Lipinski definition) is 3. The molecule has 1 fully saturated rings. The van der Waals surface area contributed by atoms with E-state index in [0.29, 0.717) is 29.9 Å². The molecule has 1 aliphatic heterocycles. The highest BCUT2D eigenvalue weighted by atomic mass is 16.2. The van der Waals surface area contributed by atoms with Gasteiger partial charge in [0.15, 0.2) is 0 Å². The Kier molecular flexibility index (Phi) is 5.54. The highest BCUT2D eigenvalue weighted by Gasteiger charge is 2.20. The summed E-state index contributed by atoms with van der Waals surface area (Å²) < 4.78 is 0. The molecule has 0 bridgehead atoms. The van der Waals surface area contributed by atoms with Crippen LogP contribution in [0, 0.1) is 6.92 Å². The summed E-state index contributed by atoms with van der Waals surface area (Å²) in [6.07, 6.45) is 1.54. The molecule has 0 spiro atoms. The summed E-state index contributed by atoms with van der Waals surface area (Å²) in [4.78, 5) is 37.4. The van der Waals surface area contributed by atoms with Gasteiger partial charge in [-0.2, -0.15) is 0 Å². The van der Waals surface area contributed by atoms with Crippen molar-refractivity contribution in [3.63, 3.8) is 0 Å². The van der Waals surface area contributed by atoms with Crippen molar-refractivity contribution in [1.29, 1.82) is 0 Å². The zero-order valence-corrected chi connectivity index (χ0v) is 15.5. The van der Waals surface area contributed by atoms with Crippen molar-refractivity contribution in [2.24, 2.45) is 0 Å². The van der Waals surface area contributed by atoms with Crippen LogP contribution in [0.15, 0.2) is 42.5 Å². The molecule has 0 atom stereocenters. The Morgan fingerprint density at radius 2 is 1.70 bits per heavy atom. The molecule has 0 aromatic heterocycles. The molecule has 2 aromatic carbocycles. The van der Waals surface area contributed by atoms with Gasteiger partial charge in [-0.25, -0.2) is 0 Å². The smallest absolute Gasteiger partial charge is 0.255 e. The van der Waals surface area contributed by atoms with Gasteiger partial charge in [-0.15, -0.1) is 0 Å². The lowest BCUT2D eigenvalue weighted by molar-refractivity contribution is -0.128. The monoisotopic (exact) mass is 365 g/mol. The number of carbonyl (C=O) groups is 3. The predicted octanol–water partition coefficient (Wildman–Crippen LogP) is 3.33. The lowest BCUT2D eigenvalue weighted by Gasteiger charge is -2.16. The van der Waals surface area contributed by atoms with E-state index in [2.05, 4.69) is 10.6 Å². The van der Waals surface area contributed by atoms with Gasteiger partial charge in [-0.05, 0) is 48.7 Å². The molecule has 3 rings (SSSR count). The van der Waals surface area contributed by atoms with Gasteiger partial charge in [-0.1, -0.05) is 18.2 Å². The summed E-state index contributed by atoms with van der Waals surface area (Å²) in [6, 6.07) is 12.6. The van der Waals surface area contributed by atoms with Crippen LogP contribution in [0.2, 0.25) is 0 Å². The highest BCUT2D eigenvalue weighted by molar-refractivity contribution is 6.05. The number of anilines is 2. The molecule has 0 saturated carbocycles. The van der Waals surface area contributed by atoms with E-state index < -0.39 is 0 Å². The lowest BCUT2D eigenvalue weighted by atomic mass is 10.1. The summed E-state index contributed by atoms with van der Waals surface area (Å²) in [7, 11) is 0. The summed E-state index contributed by atoms with van der Waals surface area (Å²) in [5, 5.41) is 5.63. The molecular formula is C21H23N3O3. The van der Waals surface area contributed by atoms with Crippen LogP contribution >= 0.6 is 0 Å². The van der Waals surface area contributed by atoms with Crippen LogP contribution in [0.25, 0.3) is 0 Å². The second-order valence-electron chi connectivity index (χ2n) is 6.73.